The topological polar surface area (TPSA) is 68.9 Å². The van der Waals surface area contributed by atoms with Gasteiger partial charge in [-0.05, 0) is 11.6 Å². The summed E-state index contributed by atoms with van der Waals surface area (Å²) in [6, 6.07) is 17.2. The van der Waals surface area contributed by atoms with E-state index in [-0.39, 0.29) is 0 Å². The fraction of sp³-hybridized carbons (Fsp3) is 0.0556. The maximum Gasteiger partial charge on any atom is 0.249 e. The highest BCUT2D eigenvalue weighted by Crippen LogP contribution is 2.21. The van der Waals surface area contributed by atoms with Crippen LogP contribution < -0.4 is 5.73 Å². The van der Waals surface area contributed by atoms with Crippen LogP contribution >= 0.6 is 0 Å². The van der Waals surface area contributed by atoms with Crippen molar-refractivity contribution in [1.29, 1.82) is 0 Å². The lowest BCUT2D eigenvalue weighted by molar-refractivity contribution is 0.100. The Kier molecular flexibility index (Phi) is 3.92. The van der Waals surface area contributed by atoms with Crippen molar-refractivity contribution in [2.45, 2.75) is 6.42 Å². The van der Waals surface area contributed by atoms with Crippen LogP contribution in [-0.2, 0) is 6.42 Å². The molecule has 1 aromatic heterocycles. The number of aromatic nitrogens is 2. The number of nitrogens with two attached hydrogens (primary N) is 1. The second-order valence-electron chi connectivity index (χ2n) is 4.97. The molecule has 3 aromatic rings. The molecule has 1 heterocycles. The molecular weight excluding hydrogens is 274 g/mol. The fourth-order valence-corrected chi connectivity index (χ4v) is 2.31. The Bertz CT molecular complexity index is 783. The number of carbonyl (C=O) groups excluding carboxylic acids is 1. The van der Waals surface area contributed by atoms with E-state index in [1.807, 2.05) is 30.3 Å². The lowest BCUT2D eigenvalue weighted by atomic mass is 10.0. The minimum Gasteiger partial charge on any atom is -0.366 e. The number of carbonyl (C=O) groups is 1. The van der Waals surface area contributed by atoms with Gasteiger partial charge >= 0.3 is 0 Å². The molecule has 0 aliphatic carbocycles. The Labute approximate surface area is 128 Å². The molecule has 0 bridgehead atoms. The van der Waals surface area contributed by atoms with Gasteiger partial charge in [0.15, 0.2) is 0 Å². The minimum absolute atomic E-state index is 0.451. The van der Waals surface area contributed by atoms with Gasteiger partial charge in [0.2, 0.25) is 5.91 Å². The van der Waals surface area contributed by atoms with Gasteiger partial charge in [-0.1, -0.05) is 48.5 Å². The van der Waals surface area contributed by atoms with Crippen molar-refractivity contribution >= 4 is 5.91 Å². The summed E-state index contributed by atoms with van der Waals surface area (Å²) >= 11 is 0. The number of nitrogens with zero attached hydrogens (tertiary/aromatic N) is 2. The van der Waals surface area contributed by atoms with Gasteiger partial charge < -0.3 is 5.73 Å². The highest BCUT2D eigenvalue weighted by Gasteiger charge is 2.10. The summed E-state index contributed by atoms with van der Waals surface area (Å²) < 4.78 is 0. The molecule has 2 N–H and O–H groups in total. The zero-order valence-electron chi connectivity index (χ0n) is 11.9. The summed E-state index contributed by atoms with van der Waals surface area (Å²) in [7, 11) is 0. The van der Waals surface area contributed by atoms with Crippen molar-refractivity contribution in [3.63, 3.8) is 0 Å². The van der Waals surface area contributed by atoms with E-state index < -0.39 is 5.91 Å². The number of rotatable bonds is 4. The summed E-state index contributed by atoms with van der Waals surface area (Å²) in [5, 5.41) is 0. The molecule has 4 nitrogen and oxygen atoms in total. The van der Waals surface area contributed by atoms with Crippen molar-refractivity contribution in [3.8, 4) is 11.3 Å². The van der Waals surface area contributed by atoms with Gasteiger partial charge in [0.1, 0.15) is 0 Å². The molecule has 0 unspecified atom stereocenters. The van der Waals surface area contributed by atoms with E-state index in [1.165, 1.54) is 5.56 Å². The number of hydrogen-bond acceptors (Lipinski definition) is 3. The largest absolute Gasteiger partial charge is 0.366 e. The van der Waals surface area contributed by atoms with Gasteiger partial charge in [-0.15, -0.1) is 0 Å². The quantitative estimate of drug-likeness (QED) is 0.803. The van der Waals surface area contributed by atoms with Gasteiger partial charge in [-0.25, -0.2) is 0 Å². The van der Waals surface area contributed by atoms with Crippen LogP contribution in [0.1, 0.15) is 21.6 Å². The smallest absolute Gasteiger partial charge is 0.249 e. The molecule has 108 valence electrons. The summed E-state index contributed by atoms with van der Waals surface area (Å²) in [4.78, 5) is 20.3. The molecule has 3 rings (SSSR count). The Morgan fingerprint density at radius 1 is 0.909 bits per heavy atom. The monoisotopic (exact) mass is 289 g/mol. The molecule has 0 atom stereocenters. The zero-order chi connectivity index (χ0) is 15.4. The Balaban J connectivity index is 1.87. The molecule has 0 spiro atoms. The third-order valence-corrected chi connectivity index (χ3v) is 3.40. The lowest BCUT2D eigenvalue weighted by Gasteiger charge is -2.06. The zero-order valence-corrected chi connectivity index (χ0v) is 11.9. The maximum absolute atomic E-state index is 11.5. The van der Waals surface area contributed by atoms with E-state index in [1.54, 1.807) is 24.5 Å². The van der Waals surface area contributed by atoms with Crippen molar-refractivity contribution in [1.82, 2.24) is 9.97 Å². The normalized spacial score (nSPS) is 10.4. The molecule has 0 aliphatic rings. The molecule has 2 aromatic carbocycles. The lowest BCUT2D eigenvalue weighted by Crippen LogP contribution is -2.12. The molecule has 0 saturated heterocycles. The molecule has 1 amide bonds. The third-order valence-electron chi connectivity index (χ3n) is 3.40. The van der Waals surface area contributed by atoms with E-state index in [0.29, 0.717) is 16.8 Å². The van der Waals surface area contributed by atoms with Crippen molar-refractivity contribution in [2.75, 3.05) is 0 Å². The van der Waals surface area contributed by atoms with E-state index in [9.17, 15) is 4.79 Å². The predicted octanol–water partition coefficient (Wildman–Crippen LogP) is 2.83. The summed E-state index contributed by atoms with van der Waals surface area (Å²) in [5.41, 5.74) is 9.26. The molecule has 0 radical (unpaired) electrons. The van der Waals surface area contributed by atoms with Gasteiger partial charge in [-0.3, -0.25) is 14.8 Å². The number of benzene rings is 2. The van der Waals surface area contributed by atoms with Crippen LogP contribution in [0, 0.1) is 0 Å². The van der Waals surface area contributed by atoms with Crippen LogP contribution in [0.4, 0.5) is 0 Å². The van der Waals surface area contributed by atoms with Gasteiger partial charge in [0.25, 0.3) is 0 Å². The molecule has 22 heavy (non-hydrogen) atoms. The number of hydrogen-bond donors (Lipinski definition) is 1. The van der Waals surface area contributed by atoms with Crippen molar-refractivity contribution in [2.24, 2.45) is 5.73 Å². The Morgan fingerprint density at radius 2 is 1.64 bits per heavy atom. The average Bonchev–Trinajstić information content (AvgIpc) is 2.56. The van der Waals surface area contributed by atoms with Gasteiger partial charge in [-0.2, -0.15) is 0 Å². The SMILES string of the molecule is NC(=O)c1ccccc1-c1cnc(Cc2ccccc2)cn1. The Morgan fingerprint density at radius 3 is 2.32 bits per heavy atom. The highest BCUT2D eigenvalue weighted by atomic mass is 16.1. The van der Waals surface area contributed by atoms with Gasteiger partial charge in [0, 0.05) is 23.7 Å². The Hall–Kier alpha value is -3.01. The number of amides is 1. The minimum atomic E-state index is -0.467. The van der Waals surface area contributed by atoms with Crippen molar-refractivity contribution < 1.29 is 4.79 Å². The molecule has 0 fully saturated rings. The highest BCUT2D eigenvalue weighted by molar-refractivity contribution is 5.99. The van der Waals surface area contributed by atoms with E-state index in [0.717, 1.165) is 12.1 Å². The summed E-state index contributed by atoms with van der Waals surface area (Å²) in [6.45, 7) is 0. The second-order valence-corrected chi connectivity index (χ2v) is 4.97. The van der Waals surface area contributed by atoms with E-state index in [4.69, 9.17) is 5.73 Å². The van der Waals surface area contributed by atoms with Crippen LogP contribution in [0.5, 0.6) is 0 Å². The van der Waals surface area contributed by atoms with Crippen LogP contribution in [-0.4, -0.2) is 15.9 Å². The molecule has 0 saturated carbocycles. The van der Waals surface area contributed by atoms with Crippen molar-refractivity contribution in [3.05, 3.63) is 83.8 Å². The van der Waals surface area contributed by atoms with Crippen LogP contribution in [0.25, 0.3) is 11.3 Å². The fourth-order valence-electron chi connectivity index (χ4n) is 2.31. The first-order valence-corrected chi connectivity index (χ1v) is 6.98. The van der Waals surface area contributed by atoms with Crippen LogP contribution in [0.15, 0.2) is 67.0 Å². The van der Waals surface area contributed by atoms with Crippen LogP contribution in [0.2, 0.25) is 0 Å². The maximum atomic E-state index is 11.5. The first-order chi connectivity index (χ1) is 10.7. The van der Waals surface area contributed by atoms with E-state index >= 15 is 0 Å². The summed E-state index contributed by atoms with van der Waals surface area (Å²) in [6.07, 6.45) is 4.14. The number of primary amides is 1. The standard InChI is InChI=1S/C18H15N3O/c19-18(22)16-9-5-4-8-15(16)17-12-20-14(11-21-17)10-13-6-2-1-3-7-13/h1-9,11-12H,10H2,(H2,19,22). The molecule has 0 aliphatic heterocycles. The van der Waals surface area contributed by atoms with Crippen LogP contribution in [0.3, 0.4) is 0 Å². The predicted molar refractivity (Wildman–Crippen MR) is 85.2 cm³/mol. The van der Waals surface area contributed by atoms with Gasteiger partial charge in [0.05, 0.1) is 17.6 Å². The first-order valence-electron chi connectivity index (χ1n) is 6.98. The first kappa shape index (κ1) is 13.9. The second kappa shape index (κ2) is 6.18. The molecular formula is C18H15N3O. The third kappa shape index (κ3) is 3.01. The summed E-state index contributed by atoms with van der Waals surface area (Å²) in [5.74, 6) is -0.467. The average molecular weight is 289 g/mol. The van der Waals surface area contributed by atoms with E-state index in [2.05, 4.69) is 22.1 Å². The molecule has 4 heteroatoms.